The Balaban J connectivity index is 1.90. The zero-order chi connectivity index (χ0) is 16.5. The third kappa shape index (κ3) is 6.66. The maximum absolute atomic E-state index is 6.17. The minimum absolute atomic E-state index is 0.354. The average molecular weight is 373 g/mol. The summed E-state index contributed by atoms with van der Waals surface area (Å²) < 4.78 is 8.00. The molecule has 0 amide bonds. The highest BCUT2D eigenvalue weighted by Crippen LogP contribution is 2.28. The molecular formula is C17H22Cl2N2OS. The zero-order valence-corrected chi connectivity index (χ0v) is 15.6. The Morgan fingerprint density at radius 3 is 2.87 bits per heavy atom. The number of benzene rings is 1. The van der Waals surface area contributed by atoms with Gasteiger partial charge >= 0.3 is 0 Å². The van der Waals surface area contributed by atoms with Gasteiger partial charge in [0.1, 0.15) is 12.4 Å². The lowest BCUT2D eigenvalue weighted by Gasteiger charge is -2.18. The maximum atomic E-state index is 6.17. The Morgan fingerprint density at radius 1 is 1.30 bits per heavy atom. The van der Waals surface area contributed by atoms with Gasteiger partial charge in [0.15, 0.2) is 0 Å². The molecule has 0 saturated carbocycles. The molecule has 0 saturated heterocycles. The molecule has 23 heavy (non-hydrogen) atoms. The van der Waals surface area contributed by atoms with Crippen LogP contribution in [0.1, 0.15) is 26.2 Å². The van der Waals surface area contributed by atoms with Crippen molar-refractivity contribution in [2.75, 3.05) is 12.4 Å². The molecule has 0 fully saturated rings. The summed E-state index contributed by atoms with van der Waals surface area (Å²) in [5, 5.41) is 1.52. The molecule has 2 aromatic rings. The Bertz CT molecular complexity index is 578. The van der Waals surface area contributed by atoms with Gasteiger partial charge in [-0.15, -0.1) is 0 Å². The van der Waals surface area contributed by atoms with Crippen LogP contribution >= 0.6 is 35.0 Å². The molecular weight excluding hydrogens is 351 g/mol. The maximum Gasteiger partial charge on any atom is 0.138 e. The average Bonchev–Trinajstić information content (AvgIpc) is 3.03. The molecule has 0 spiro atoms. The Morgan fingerprint density at radius 2 is 2.17 bits per heavy atom. The summed E-state index contributed by atoms with van der Waals surface area (Å²) in [7, 11) is 0. The molecule has 0 aliphatic heterocycles. The van der Waals surface area contributed by atoms with Gasteiger partial charge in [-0.3, -0.25) is 0 Å². The number of aromatic nitrogens is 2. The normalized spacial score (nSPS) is 12.3. The monoisotopic (exact) mass is 372 g/mol. The lowest BCUT2D eigenvalue weighted by atomic mass is 10.3. The molecule has 6 heteroatoms. The van der Waals surface area contributed by atoms with Gasteiger partial charge in [-0.2, -0.15) is 11.8 Å². The van der Waals surface area contributed by atoms with Crippen LogP contribution in [0.2, 0.25) is 10.0 Å². The molecule has 1 unspecified atom stereocenters. The van der Waals surface area contributed by atoms with Gasteiger partial charge in [0.2, 0.25) is 0 Å². The summed E-state index contributed by atoms with van der Waals surface area (Å²) in [6.45, 7) is 3.71. The number of halogens is 2. The quantitative estimate of drug-likeness (QED) is 0.510. The number of hydrogen-bond donors (Lipinski definition) is 0. The van der Waals surface area contributed by atoms with Gasteiger partial charge in [0.05, 0.1) is 16.6 Å². The number of imidazole rings is 1. The third-order valence-corrected chi connectivity index (χ3v) is 5.21. The minimum Gasteiger partial charge on any atom is -0.491 e. The number of hydrogen-bond acceptors (Lipinski definition) is 3. The summed E-state index contributed by atoms with van der Waals surface area (Å²) in [5.74, 6) is 1.83. The second kappa shape index (κ2) is 10.1. The van der Waals surface area contributed by atoms with Crippen molar-refractivity contribution in [3.05, 3.63) is 47.0 Å². The van der Waals surface area contributed by atoms with Crippen LogP contribution in [-0.4, -0.2) is 27.2 Å². The smallest absolute Gasteiger partial charge is 0.138 e. The number of ether oxygens (including phenoxy) is 1. The second-order valence-corrected chi connectivity index (χ2v) is 7.60. The van der Waals surface area contributed by atoms with Crippen LogP contribution in [-0.2, 0) is 6.54 Å². The molecule has 0 aliphatic carbocycles. The highest BCUT2D eigenvalue weighted by atomic mass is 35.5. The minimum atomic E-state index is 0.354. The molecule has 1 aromatic heterocycles. The third-order valence-electron chi connectivity index (χ3n) is 3.39. The molecule has 0 bridgehead atoms. The fourth-order valence-corrected chi connectivity index (χ4v) is 3.77. The van der Waals surface area contributed by atoms with Crippen LogP contribution in [0.3, 0.4) is 0 Å². The van der Waals surface area contributed by atoms with Crippen molar-refractivity contribution in [1.29, 1.82) is 0 Å². The highest BCUT2D eigenvalue weighted by Gasteiger charge is 2.12. The number of nitrogens with zero attached hydrogens (tertiary/aromatic N) is 2. The second-order valence-electron chi connectivity index (χ2n) is 5.35. The van der Waals surface area contributed by atoms with E-state index in [4.69, 9.17) is 27.9 Å². The molecule has 1 heterocycles. The Hall–Kier alpha value is -0.840. The molecule has 1 aromatic carbocycles. The lowest BCUT2D eigenvalue weighted by Crippen LogP contribution is -2.21. The van der Waals surface area contributed by atoms with E-state index in [1.807, 2.05) is 30.4 Å². The first-order valence-corrected chi connectivity index (χ1v) is 9.64. The van der Waals surface area contributed by atoms with E-state index in [0.29, 0.717) is 27.7 Å². The van der Waals surface area contributed by atoms with Gasteiger partial charge in [-0.1, -0.05) is 43.0 Å². The molecule has 0 radical (unpaired) electrons. The molecule has 0 N–H and O–H groups in total. The van der Waals surface area contributed by atoms with E-state index in [2.05, 4.69) is 16.5 Å². The van der Waals surface area contributed by atoms with Crippen LogP contribution < -0.4 is 4.74 Å². The Kier molecular flexibility index (Phi) is 8.13. The Labute approximate surface area is 152 Å². The molecule has 2 rings (SSSR count). The van der Waals surface area contributed by atoms with E-state index in [1.54, 1.807) is 18.3 Å². The van der Waals surface area contributed by atoms with Crippen molar-refractivity contribution < 1.29 is 4.74 Å². The topological polar surface area (TPSA) is 27.1 Å². The molecule has 1 atom stereocenters. The van der Waals surface area contributed by atoms with Crippen molar-refractivity contribution in [3.8, 4) is 5.75 Å². The summed E-state index contributed by atoms with van der Waals surface area (Å²) in [6.07, 6.45) is 9.38. The molecule has 3 nitrogen and oxygen atoms in total. The summed E-state index contributed by atoms with van der Waals surface area (Å²) in [5.41, 5.74) is 0. The van der Waals surface area contributed by atoms with Gasteiger partial charge in [-0.25, -0.2) is 4.98 Å². The largest absolute Gasteiger partial charge is 0.491 e. The van der Waals surface area contributed by atoms with Crippen LogP contribution in [0.5, 0.6) is 5.75 Å². The zero-order valence-electron chi connectivity index (χ0n) is 13.3. The number of rotatable bonds is 10. The van der Waals surface area contributed by atoms with E-state index < -0.39 is 0 Å². The van der Waals surface area contributed by atoms with Crippen LogP contribution in [0.4, 0.5) is 0 Å². The van der Waals surface area contributed by atoms with Crippen molar-refractivity contribution in [2.24, 2.45) is 0 Å². The first-order valence-electron chi connectivity index (χ1n) is 7.84. The summed E-state index contributed by atoms with van der Waals surface area (Å²) in [6, 6.07) is 5.32. The van der Waals surface area contributed by atoms with E-state index >= 15 is 0 Å². The first kappa shape index (κ1) is 18.5. The molecule has 0 aliphatic rings. The predicted molar refractivity (Wildman–Crippen MR) is 100.0 cm³/mol. The predicted octanol–water partition coefficient (Wildman–Crippen LogP) is 5.56. The fourth-order valence-electron chi connectivity index (χ4n) is 2.16. The van der Waals surface area contributed by atoms with E-state index in [-0.39, 0.29) is 0 Å². The SMILES string of the molecule is CCCCCSC(COc1ccc(Cl)cc1Cl)Cn1ccnc1. The number of thioether (sulfide) groups is 1. The fraction of sp³-hybridized carbons (Fsp3) is 0.471. The molecule has 126 valence electrons. The summed E-state index contributed by atoms with van der Waals surface area (Å²) >= 11 is 14.0. The van der Waals surface area contributed by atoms with Gasteiger partial charge < -0.3 is 9.30 Å². The van der Waals surface area contributed by atoms with Crippen LogP contribution in [0, 0.1) is 0 Å². The van der Waals surface area contributed by atoms with Crippen molar-refractivity contribution >= 4 is 35.0 Å². The van der Waals surface area contributed by atoms with E-state index in [9.17, 15) is 0 Å². The van der Waals surface area contributed by atoms with Crippen molar-refractivity contribution in [1.82, 2.24) is 9.55 Å². The van der Waals surface area contributed by atoms with Gasteiger partial charge in [0, 0.05) is 24.0 Å². The lowest BCUT2D eigenvalue weighted by molar-refractivity contribution is 0.308. The van der Waals surface area contributed by atoms with Crippen LogP contribution in [0.25, 0.3) is 0 Å². The highest BCUT2D eigenvalue weighted by molar-refractivity contribution is 7.99. The van der Waals surface area contributed by atoms with Crippen LogP contribution in [0.15, 0.2) is 36.9 Å². The van der Waals surface area contributed by atoms with Gasteiger partial charge in [0.25, 0.3) is 0 Å². The van der Waals surface area contributed by atoms with E-state index in [0.717, 1.165) is 12.3 Å². The van der Waals surface area contributed by atoms with E-state index in [1.165, 1.54) is 19.3 Å². The summed E-state index contributed by atoms with van der Waals surface area (Å²) in [4.78, 5) is 4.10. The number of unbranched alkanes of at least 4 members (excludes halogenated alkanes) is 2. The standard InChI is InChI=1S/C17H22Cl2N2OS/c1-2-3-4-9-23-15(11-21-8-7-20-13-21)12-22-17-6-5-14(18)10-16(17)19/h5-8,10,13,15H,2-4,9,11-12H2,1H3. The van der Waals surface area contributed by atoms with Gasteiger partial charge in [-0.05, 0) is 30.4 Å². The van der Waals surface area contributed by atoms with Crippen molar-refractivity contribution in [3.63, 3.8) is 0 Å². The van der Waals surface area contributed by atoms with Crippen molar-refractivity contribution in [2.45, 2.75) is 38.0 Å². The first-order chi connectivity index (χ1) is 11.2.